The number of hydrazine groups is 1. The predicted octanol–water partition coefficient (Wildman–Crippen LogP) is 2.45. The summed E-state index contributed by atoms with van der Waals surface area (Å²) in [5, 5.41) is 2.38. The number of amides is 2. The molecule has 2 aromatic carbocycles. The summed E-state index contributed by atoms with van der Waals surface area (Å²) in [6.07, 6.45) is 0. The molecule has 0 unspecified atom stereocenters. The number of hydrogen-bond donors (Lipinski definition) is 3. The zero-order chi connectivity index (χ0) is 24.4. The third kappa shape index (κ3) is 7.20. The molecule has 178 valence electrons. The summed E-state index contributed by atoms with van der Waals surface area (Å²) in [5.41, 5.74) is 5.44. The van der Waals surface area contributed by atoms with E-state index in [9.17, 15) is 9.59 Å². The minimum atomic E-state index is -0.536. The van der Waals surface area contributed by atoms with Gasteiger partial charge in [0.05, 0.1) is 32.4 Å². The molecule has 0 spiro atoms. The SMILES string of the molecule is COCCOc1ccc(C(=O)NC(=S)NNC(=O)c2cc(OC)c(OC)c(OC)c2)cc1Br. The van der Waals surface area contributed by atoms with Crippen LogP contribution in [0.1, 0.15) is 20.7 Å². The molecule has 2 rings (SSSR count). The zero-order valence-corrected chi connectivity index (χ0v) is 20.8. The monoisotopic (exact) mass is 541 g/mol. The molecule has 0 saturated heterocycles. The highest BCUT2D eigenvalue weighted by molar-refractivity contribution is 9.10. The maximum atomic E-state index is 12.5. The average Bonchev–Trinajstić information content (AvgIpc) is 2.82. The smallest absolute Gasteiger partial charge is 0.269 e. The first-order chi connectivity index (χ1) is 15.8. The minimum absolute atomic E-state index is 0.0997. The average molecular weight is 542 g/mol. The van der Waals surface area contributed by atoms with Crippen LogP contribution >= 0.6 is 28.1 Å². The molecule has 0 fully saturated rings. The molecule has 0 saturated carbocycles. The van der Waals surface area contributed by atoms with Gasteiger partial charge in [-0.15, -0.1) is 0 Å². The molecule has 0 atom stereocenters. The van der Waals surface area contributed by atoms with Crippen molar-refractivity contribution in [3.63, 3.8) is 0 Å². The van der Waals surface area contributed by atoms with Gasteiger partial charge in [-0.1, -0.05) is 0 Å². The largest absolute Gasteiger partial charge is 0.493 e. The van der Waals surface area contributed by atoms with Gasteiger partial charge in [-0.3, -0.25) is 25.8 Å². The van der Waals surface area contributed by atoms with Crippen molar-refractivity contribution in [3.05, 3.63) is 45.9 Å². The Morgan fingerprint density at radius 1 is 0.848 bits per heavy atom. The summed E-state index contributed by atoms with van der Waals surface area (Å²) in [6.45, 7) is 0.816. The molecule has 0 radical (unpaired) electrons. The van der Waals surface area contributed by atoms with E-state index in [0.29, 0.717) is 46.2 Å². The lowest BCUT2D eigenvalue weighted by Crippen LogP contribution is -2.48. The van der Waals surface area contributed by atoms with Crippen molar-refractivity contribution in [2.24, 2.45) is 0 Å². The molecule has 0 aliphatic heterocycles. The first-order valence-electron chi connectivity index (χ1n) is 9.47. The van der Waals surface area contributed by atoms with Gasteiger partial charge in [-0.25, -0.2) is 0 Å². The first kappa shape index (κ1) is 26.2. The Balaban J connectivity index is 1.96. The highest BCUT2D eigenvalue weighted by Crippen LogP contribution is 2.38. The number of carbonyl (C=O) groups is 2. The highest BCUT2D eigenvalue weighted by atomic mass is 79.9. The number of methoxy groups -OCH3 is 4. The number of carbonyl (C=O) groups excluding carboxylic acids is 2. The molecule has 12 heteroatoms. The minimum Gasteiger partial charge on any atom is -0.493 e. The van der Waals surface area contributed by atoms with Gasteiger partial charge in [0, 0.05) is 18.2 Å². The fourth-order valence-corrected chi connectivity index (χ4v) is 3.24. The van der Waals surface area contributed by atoms with E-state index in [0.717, 1.165) is 0 Å². The summed E-state index contributed by atoms with van der Waals surface area (Å²) in [4.78, 5) is 25.0. The van der Waals surface area contributed by atoms with Crippen LogP contribution in [0.2, 0.25) is 0 Å². The Morgan fingerprint density at radius 2 is 1.52 bits per heavy atom. The second-order valence-corrected chi connectivity index (χ2v) is 7.53. The van der Waals surface area contributed by atoms with E-state index in [1.54, 1.807) is 25.3 Å². The van der Waals surface area contributed by atoms with Crippen molar-refractivity contribution >= 4 is 45.1 Å². The number of hydrogen-bond acceptors (Lipinski definition) is 8. The van der Waals surface area contributed by atoms with Gasteiger partial charge in [0.1, 0.15) is 12.4 Å². The third-order valence-corrected chi connectivity index (χ3v) is 5.01. The second kappa shape index (κ2) is 12.8. The van der Waals surface area contributed by atoms with Crippen LogP contribution in [0, 0.1) is 0 Å². The molecule has 0 aromatic heterocycles. The van der Waals surface area contributed by atoms with Gasteiger partial charge in [-0.05, 0) is 58.5 Å². The topological polar surface area (TPSA) is 116 Å². The number of thiocarbonyl (C=S) groups is 1. The fourth-order valence-electron chi connectivity index (χ4n) is 2.60. The van der Waals surface area contributed by atoms with Crippen molar-refractivity contribution in [3.8, 4) is 23.0 Å². The highest BCUT2D eigenvalue weighted by Gasteiger charge is 2.17. The number of halogens is 1. The first-order valence-corrected chi connectivity index (χ1v) is 10.7. The Hall–Kier alpha value is -3.09. The zero-order valence-electron chi connectivity index (χ0n) is 18.4. The molecule has 3 N–H and O–H groups in total. The summed E-state index contributed by atoms with van der Waals surface area (Å²) >= 11 is 8.45. The van der Waals surface area contributed by atoms with Crippen LogP contribution in [-0.2, 0) is 4.74 Å². The van der Waals surface area contributed by atoms with Crippen LogP contribution in [0.4, 0.5) is 0 Å². The Labute approximate surface area is 205 Å². The number of ether oxygens (including phenoxy) is 5. The van der Waals surface area contributed by atoms with E-state index in [1.807, 2.05) is 0 Å². The van der Waals surface area contributed by atoms with E-state index in [2.05, 4.69) is 32.1 Å². The molecule has 10 nitrogen and oxygen atoms in total. The molecule has 2 amide bonds. The summed E-state index contributed by atoms with van der Waals surface area (Å²) in [7, 11) is 5.93. The van der Waals surface area contributed by atoms with E-state index >= 15 is 0 Å². The summed E-state index contributed by atoms with van der Waals surface area (Å²) in [6, 6.07) is 7.78. The Bertz CT molecular complexity index is 994. The lowest BCUT2D eigenvalue weighted by molar-refractivity contribution is 0.0934. The van der Waals surface area contributed by atoms with Crippen molar-refractivity contribution in [2.75, 3.05) is 41.7 Å². The lowest BCUT2D eigenvalue weighted by atomic mass is 10.1. The van der Waals surface area contributed by atoms with Crippen LogP contribution in [0.3, 0.4) is 0 Å². The van der Waals surface area contributed by atoms with Gasteiger partial charge in [0.2, 0.25) is 5.75 Å². The van der Waals surface area contributed by atoms with Crippen LogP contribution < -0.4 is 35.1 Å². The summed E-state index contributed by atoms with van der Waals surface area (Å²) < 4.78 is 26.8. The van der Waals surface area contributed by atoms with Gasteiger partial charge in [0.15, 0.2) is 16.6 Å². The van der Waals surface area contributed by atoms with Gasteiger partial charge >= 0.3 is 0 Å². The van der Waals surface area contributed by atoms with Crippen LogP contribution in [0.5, 0.6) is 23.0 Å². The van der Waals surface area contributed by atoms with Crippen molar-refractivity contribution in [2.45, 2.75) is 0 Å². The van der Waals surface area contributed by atoms with E-state index in [-0.39, 0.29) is 10.7 Å². The quantitative estimate of drug-likeness (QED) is 0.250. The fraction of sp³-hybridized carbons (Fsp3) is 0.286. The number of nitrogens with one attached hydrogen (secondary N) is 3. The second-order valence-electron chi connectivity index (χ2n) is 6.26. The molecule has 0 heterocycles. The third-order valence-electron chi connectivity index (χ3n) is 4.18. The molecular formula is C21H24BrN3O7S. The number of rotatable bonds is 9. The van der Waals surface area contributed by atoms with Crippen LogP contribution in [0.25, 0.3) is 0 Å². The maximum absolute atomic E-state index is 12.5. The van der Waals surface area contributed by atoms with Crippen molar-refractivity contribution in [1.82, 2.24) is 16.2 Å². The Kier molecular flexibility index (Phi) is 10.2. The van der Waals surface area contributed by atoms with Crippen LogP contribution in [-0.4, -0.2) is 58.6 Å². The van der Waals surface area contributed by atoms with E-state index in [4.69, 9.17) is 35.9 Å². The molecule has 0 bridgehead atoms. The molecule has 0 aliphatic carbocycles. The standard InChI is InChI=1S/C21H24BrN3O7S/c1-28-7-8-32-15-6-5-12(9-14(15)22)19(26)23-21(33)25-24-20(27)13-10-16(29-2)18(31-4)17(11-13)30-3/h5-6,9-11H,7-8H2,1-4H3,(H,24,27)(H2,23,25,26,33). The van der Waals surface area contributed by atoms with Crippen molar-refractivity contribution in [1.29, 1.82) is 0 Å². The summed E-state index contributed by atoms with van der Waals surface area (Å²) in [5.74, 6) is 0.552. The number of benzene rings is 2. The Morgan fingerprint density at radius 3 is 2.06 bits per heavy atom. The molecule has 33 heavy (non-hydrogen) atoms. The molecule has 0 aliphatic rings. The molecule has 2 aromatic rings. The van der Waals surface area contributed by atoms with Gasteiger partial charge in [-0.2, -0.15) is 0 Å². The van der Waals surface area contributed by atoms with E-state index in [1.165, 1.54) is 33.5 Å². The maximum Gasteiger partial charge on any atom is 0.269 e. The van der Waals surface area contributed by atoms with E-state index < -0.39 is 11.8 Å². The van der Waals surface area contributed by atoms with Gasteiger partial charge in [0.25, 0.3) is 11.8 Å². The molecular weight excluding hydrogens is 518 g/mol. The van der Waals surface area contributed by atoms with Gasteiger partial charge < -0.3 is 23.7 Å². The normalized spacial score (nSPS) is 10.1. The van der Waals surface area contributed by atoms with Crippen molar-refractivity contribution < 1.29 is 33.3 Å². The van der Waals surface area contributed by atoms with Crippen LogP contribution in [0.15, 0.2) is 34.8 Å². The lowest BCUT2D eigenvalue weighted by Gasteiger charge is -2.15. The predicted molar refractivity (Wildman–Crippen MR) is 128 cm³/mol.